The Kier molecular flexibility index (Phi) is 4.97. The van der Waals surface area contributed by atoms with Crippen LogP contribution in [0.2, 0.25) is 0 Å². The van der Waals surface area contributed by atoms with Crippen molar-refractivity contribution in [3.05, 3.63) is 69.2 Å². The molecule has 0 spiro atoms. The third kappa shape index (κ3) is 3.82. The maximum Gasteiger partial charge on any atom is 0.186 e. The molecule has 0 heterocycles. The molecule has 0 atom stereocenters. The zero-order chi connectivity index (χ0) is 15.4. The van der Waals surface area contributed by atoms with E-state index in [0.29, 0.717) is 0 Å². The topological polar surface area (TPSA) is 26.3 Å². The number of ether oxygens (including phenoxy) is 1. The van der Waals surface area contributed by atoms with E-state index >= 15 is 0 Å². The third-order valence-corrected chi connectivity index (χ3v) is 3.75. The van der Waals surface area contributed by atoms with Crippen LogP contribution in [0.1, 0.15) is 27.0 Å². The Hall–Kier alpha value is -1.87. The van der Waals surface area contributed by atoms with Gasteiger partial charge in [-0.15, -0.1) is 0 Å². The predicted octanol–water partition coefficient (Wildman–Crippen LogP) is 4.97. The van der Waals surface area contributed by atoms with Crippen LogP contribution < -0.4 is 4.74 Å². The van der Waals surface area contributed by atoms with Crippen molar-refractivity contribution in [1.82, 2.24) is 0 Å². The average molecular weight is 345 g/mol. The molecule has 0 N–H and O–H groups in total. The van der Waals surface area contributed by atoms with Crippen LogP contribution in [0.5, 0.6) is 5.75 Å². The van der Waals surface area contributed by atoms with Gasteiger partial charge in [-0.3, -0.25) is 4.79 Å². The lowest BCUT2D eigenvalue weighted by Crippen LogP contribution is -1.98. The molecule has 2 nitrogen and oxygen atoms in total. The van der Waals surface area contributed by atoms with Crippen molar-refractivity contribution in [3.63, 3.8) is 0 Å². The molecule has 0 fully saturated rings. The van der Waals surface area contributed by atoms with Crippen molar-refractivity contribution in [1.29, 1.82) is 0 Å². The number of benzene rings is 2. The van der Waals surface area contributed by atoms with E-state index in [1.54, 1.807) is 19.3 Å². The highest BCUT2D eigenvalue weighted by molar-refractivity contribution is 9.10. The minimum absolute atomic E-state index is 0.00507. The number of aryl methyl sites for hydroxylation is 2. The normalized spacial score (nSPS) is 10.9. The summed E-state index contributed by atoms with van der Waals surface area (Å²) in [6, 6.07) is 11.5. The number of carbonyl (C=O) groups excluding carboxylic acids is 1. The van der Waals surface area contributed by atoms with E-state index in [0.717, 1.165) is 32.5 Å². The van der Waals surface area contributed by atoms with Gasteiger partial charge in [0.15, 0.2) is 5.78 Å². The van der Waals surface area contributed by atoms with Gasteiger partial charge in [0.2, 0.25) is 0 Å². The second-order valence-corrected chi connectivity index (χ2v) is 5.82. The largest absolute Gasteiger partial charge is 0.496 e. The molecule has 0 bridgehead atoms. The van der Waals surface area contributed by atoms with Gasteiger partial charge in [0.05, 0.1) is 7.11 Å². The summed E-state index contributed by atoms with van der Waals surface area (Å²) in [6.45, 7) is 3.97. The van der Waals surface area contributed by atoms with E-state index in [9.17, 15) is 4.79 Å². The Morgan fingerprint density at radius 2 is 1.90 bits per heavy atom. The molecule has 0 saturated heterocycles. The lowest BCUT2D eigenvalue weighted by atomic mass is 10.0. The number of ketones is 1. The van der Waals surface area contributed by atoms with Gasteiger partial charge in [0.1, 0.15) is 5.75 Å². The van der Waals surface area contributed by atoms with Gasteiger partial charge >= 0.3 is 0 Å². The second-order valence-electron chi connectivity index (χ2n) is 4.90. The van der Waals surface area contributed by atoms with Crippen LogP contribution in [0.4, 0.5) is 0 Å². The molecule has 2 aromatic rings. The monoisotopic (exact) mass is 344 g/mol. The molecule has 0 aliphatic heterocycles. The first-order valence-electron chi connectivity index (χ1n) is 6.64. The highest BCUT2D eigenvalue weighted by Gasteiger charge is 2.06. The Bertz CT molecular complexity index is 702. The first-order chi connectivity index (χ1) is 10.0. The molecule has 0 aromatic heterocycles. The molecule has 0 aliphatic rings. The summed E-state index contributed by atoms with van der Waals surface area (Å²) in [4.78, 5) is 12.3. The van der Waals surface area contributed by atoms with Crippen molar-refractivity contribution in [2.45, 2.75) is 13.8 Å². The van der Waals surface area contributed by atoms with Crippen molar-refractivity contribution >= 4 is 27.8 Å². The number of methoxy groups -OCH3 is 1. The quantitative estimate of drug-likeness (QED) is 0.578. The molecule has 3 heteroatoms. The highest BCUT2D eigenvalue weighted by Crippen LogP contribution is 2.24. The van der Waals surface area contributed by atoms with Crippen LogP contribution >= 0.6 is 15.9 Å². The SMILES string of the molecule is COc1ccc(Br)cc1/C=C/C(=O)c1ccc(C)cc1C. The molecular formula is C18H17BrO2. The minimum Gasteiger partial charge on any atom is -0.496 e. The number of carbonyl (C=O) groups is 1. The molecule has 21 heavy (non-hydrogen) atoms. The van der Waals surface area contributed by atoms with E-state index in [-0.39, 0.29) is 5.78 Å². The molecule has 2 aromatic carbocycles. The van der Waals surface area contributed by atoms with Gasteiger partial charge < -0.3 is 4.74 Å². The van der Waals surface area contributed by atoms with E-state index in [1.807, 2.05) is 50.2 Å². The van der Waals surface area contributed by atoms with Crippen molar-refractivity contribution < 1.29 is 9.53 Å². The van der Waals surface area contributed by atoms with Gasteiger partial charge in [-0.25, -0.2) is 0 Å². The van der Waals surface area contributed by atoms with Gasteiger partial charge in [-0.05, 0) is 49.8 Å². The maximum atomic E-state index is 12.3. The van der Waals surface area contributed by atoms with E-state index < -0.39 is 0 Å². The van der Waals surface area contributed by atoms with Crippen molar-refractivity contribution in [3.8, 4) is 5.75 Å². The standard InChI is InChI=1S/C18H17BrO2/c1-12-4-7-16(13(2)10-12)17(20)8-5-14-11-15(19)6-9-18(14)21-3/h4-11H,1-3H3/b8-5+. The predicted molar refractivity (Wildman–Crippen MR) is 90.0 cm³/mol. The lowest BCUT2D eigenvalue weighted by Gasteiger charge is -2.05. The first kappa shape index (κ1) is 15.5. The molecule has 0 saturated carbocycles. The van der Waals surface area contributed by atoms with Crippen LogP contribution in [0.3, 0.4) is 0 Å². The van der Waals surface area contributed by atoms with Crippen LogP contribution in [0.25, 0.3) is 6.08 Å². The van der Waals surface area contributed by atoms with E-state index in [1.165, 1.54) is 0 Å². The van der Waals surface area contributed by atoms with Gasteiger partial charge in [-0.1, -0.05) is 39.7 Å². The fourth-order valence-corrected chi connectivity index (χ4v) is 2.56. The summed E-state index contributed by atoms with van der Waals surface area (Å²) in [5.74, 6) is 0.734. The van der Waals surface area contributed by atoms with Gasteiger partial charge in [0.25, 0.3) is 0 Å². The molecular weight excluding hydrogens is 328 g/mol. The fourth-order valence-electron chi connectivity index (χ4n) is 2.18. The lowest BCUT2D eigenvalue weighted by molar-refractivity contribution is 0.104. The van der Waals surface area contributed by atoms with Gasteiger partial charge in [-0.2, -0.15) is 0 Å². The van der Waals surface area contributed by atoms with E-state index in [2.05, 4.69) is 15.9 Å². The van der Waals surface area contributed by atoms with Crippen LogP contribution in [0, 0.1) is 13.8 Å². The Balaban J connectivity index is 2.28. The van der Waals surface area contributed by atoms with Crippen LogP contribution in [-0.2, 0) is 0 Å². The molecule has 108 valence electrons. The summed E-state index contributed by atoms with van der Waals surface area (Å²) < 4.78 is 6.24. The average Bonchev–Trinajstić information content (AvgIpc) is 2.45. The Morgan fingerprint density at radius 3 is 2.57 bits per heavy atom. The summed E-state index contributed by atoms with van der Waals surface area (Å²) >= 11 is 3.42. The number of allylic oxidation sites excluding steroid dienone is 1. The summed E-state index contributed by atoms with van der Waals surface area (Å²) in [5.41, 5.74) is 3.74. The van der Waals surface area contributed by atoms with Crippen molar-refractivity contribution in [2.75, 3.05) is 7.11 Å². The zero-order valence-corrected chi connectivity index (χ0v) is 13.9. The van der Waals surface area contributed by atoms with Gasteiger partial charge in [0, 0.05) is 15.6 Å². The number of rotatable bonds is 4. The minimum atomic E-state index is -0.00507. The molecule has 0 radical (unpaired) electrons. The molecule has 0 unspecified atom stereocenters. The fraction of sp³-hybridized carbons (Fsp3) is 0.167. The molecule has 0 amide bonds. The number of halogens is 1. The first-order valence-corrected chi connectivity index (χ1v) is 7.44. The number of hydrogen-bond donors (Lipinski definition) is 0. The summed E-state index contributed by atoms with van der Waals surface area (Å²) in [6.07, 6.45) is 3.37. The molecule has 0 aliphatic carbocycles. The smallest absolute Gasteiger partial charge is 0.186 e. The maximum absolute atomic E-state index is 12.3. The highest BCUT2D eigenvalue weighted by atomic mass is 79.9. The van der Waals surface area contributed by atoms with E-state index in [4.69, 9.17) is 4.74 Å². The summed E-state index contributed by atoms with van der Waals surface area (Å²) in [5, 5.41) is 0. The third-order valence-electron chi connectivity index (χ3n) is 3.25. The Morgan fingerprint density at radius 1 is 1.14 bits per heavy atom. The summed E-state index contributed by atoms with van der Waals surface area (Å²) in [7, 11) is 1.62. The Labute approximate surface area is 133 Å². The molecule has 2 rings (SSSR count). The van der Waals surface area contributed by atoms with Crippen LogP contribution in [0.15, 0.2) is 46.9 Å². The second kappa shape index (κ2) is 6.72. The van der Waals surface area contributed by atoms with Crippen molar-refractivity contribution in [2.24, 2.45) is 0 Å². The number of hydrogen-bond acceptors (Lipinski definition) is 2. The zero-order valence-electron chi connectivity index (χ0n) is 12.3. The van der Waals surface area contributed by atoms with Crippen LogP contribution in [-0.4, -0.2) is 12.9 Å².